The second-order valence-corrected chi connectivity index (χ2v) is 5.55. The Balaban J connectivity index is 1.81. The molecule has 1 aliphatic rings. The van der Waals surface area contributed by atoms with E-state index in [-0.39, 0.29) is 0 Å². The third kappa shape index (κ3) is 2.01. The van der Waals surface area contributed by atoms with Gasteiger partial charge in [0.05, 0.1) is 21.8 Å². The van der Waals surface area contributed by atoms with E-state index in [9.17, 15) is 4.79 Å². The summed E-state index contributed by atoms with van der Waals surface area (Å²) in [7, 11) is 0. The van der Waals surface area contributed by atoms with Crippen molar-refractivity contribution in [2.45, 2.75) is 19.3 Å². The first-order valence-electron chi connectivity index (χ1n) is 5.79. The van der Waals surface area contributed by atoms with Crippen molar-refractivity contribution in [3.05, 3.63) is 34.8 Å². The van der Waals surface area contributed by atoms with Crippen molar-refractivity contribution >= 4 is 17.3 Å². The van der Waals surface area contributed by atoms with Crippen LogP contribution in [0.15, 0.2) is 29.8 Å². The van der Waals surface area contributed by atoms with E-state index in [0.29, 0.717) is 6.42 Å². The number of aliphatic carboxylic acids is 1. The van der Waals surface area contributed by atoms with Crippen LogP contribution in [0.4, 0.5) is 0 Å². The maximum atomic E-state index is 11.1. The van der Waals surface area contributed by atoms with Gasteiger partial charge in [0.15, 0.2) is 0 Å². The highest BCUT2D eigenvalue weighted by Gasteiger charge is 2.50. The summed E-state index contributed by atoms with van der Waals surface area (Å²) in [6, 6.07) is 5.68. The Morgan fingerprint density at radius 1 is 1.39 bits per heavy atom. The van der Waals surface area contributed by atoms with Crippen molar-refractivity contribution in [3.8, 4) is 11.4 Å². The molecule has 92 valence electrons. The summed E-state index contributed by atoms with van der Waals surface area (Å²) in [5.41, 5.74) is 1.12. The smallest absolute Gasteiger partial charge is 0.310 e. The van der Waals surface area contributed by atoms with Crippen LogP contribution >= 0.6 is 11.3 Å². The Bertz CT molecular complexity index is 576. The predicted molar refractivity (Wildman–Crippen MR) is 68.4 cm³/mol. The molecule has 2 heterocycles. The van der Waals surface area contributed by atoms with Crippen molar-refractivity contribution in [2.75, 3.05) is 0 Å². The first kappa shape index (κ1) is 11.3. The van der Waals surface area contributed by atoms with Crippen molar-refractivity contribution < 1.29 is 9.90 Å². The lowest BCUT2D eigenvalue weighted by Crippen LogP contribution is -2.17. The van der Waals surface area contributed by atoms with Gasteiger partial charge in [0.25, 0.3) is 0 Å². The SMILES string of the molecule is O=C(O)C1(Cc2nc(-c3ccccn3)cs2)CC1. The summed E-state index contributed by atoms with van der Waals surface area (Å²) < 4.78 is 0. The highest BCUT2D eigenvalue weighted by molar-refractivity contribution is 7.10. The van der Waals surface area contributed by atoms with Gasteiger partial charge < -0.3 is 5.11 Å². The predicted octanol–water partition coefficient (Wildman–Crippen LogP) is 2.61. The van der Waals surface area contributed by atoms with Gasteiger partial charge in [-0.25, -0.2) is 4.98 Å². The number of hydrogen-bond donors (Lipinski definition) is 1. The average Bonchev–Trinajstić information content (AvgIpc) is 3.01. The van der Waals surface area contributed by atoms with Gasteiger partial charge in [-0.05, 0) is 25.0 Å². The molecule has 0 unspecified atom stereocenters. The number of pyridine rings is 1. The molecular formula is C13H12N2O2S. The third-order valence-corrected chi connectivity index (χ3v) is 4.12. The highest BCUT2D eigenvalue weighted by Crippen LogP contribution is 2.49. The maximum Gasteiger partial charge on any atom is 0.310 e. The summed E-state index contributed by atoms with van der Waals surface area (Å²) >= 11 is 1.51. The van der Waals surface area contributed by atoms with Crippen LogP contribution in [0.1, 0.15) is 17.8 Å². The van der Waals surface area contributed by atoms with E-state index in [1.807, 2.05) is 23.6 Å². The van der Waals surface area contributed by atoms with E-state index in [4.69, 9.17) is 5.11 Å². The molecule has 0 spiro atoms. The molecule has 0 atom stereocenters. The Labute approximate surface area is 108 Å². The van der Waals surface area contributed by atoms with E-state index >= 15 is 0 Å². The Hall–Kier alpha value is -1.75. The molecule has 5 heteroatoms. The topological polar surface area (TPSA) is 63.1 Å². The molecule has 2 aromatic rings. The van der Waals surface area contributed by atoms with Crippen molar-refractivity contribution in [2.24, 2.45) is 5.41 Å². The fourth-order valence-corrected chi connectivity index (χ4v) is 2.86. The van der Waals surface area contributed by atoms with Crippen LogP contribution < -0.4 is 0 Å². The number of nitrogens with zero attached hydrogens (tertiary/aromatic N) is 2. The molecule has 18 heavy (non-hydrogen) atoms. The van der Waals surface area contributed by atoms with E-state index in [2.05, 4.69) is 9.97 Å². The zero-order valence-corrected chi connectivity index (χ0v) is 10.5. The summed E-state index contributed by atoms with van der Waals surface area (Å²) in [6.07, 6.45) is 3.80. The van der Waals surface area contributed by atoms with E-state index in [0.717, 1.165) is 29.2 Å². The lowest BCUT2D eigenvalue weighted by Gasteiger charge is -2.05. The quantitative estimate of drug-likeness (QED) is 0.917. The van der Waals surface area contributed by atoms with E-state index in [1.54, 1.807) is 6.20 Å². The molecule has 1 saturated carbocycles. The molecule has 0 amide bonds. The van der Waals surface area contributed by atoms with Crippen molar-refractivity contribution in [1.82, 2.24) is 9.97 Å². The molecule has 3 rings (SSSR count). The number of aromatic nitrogens is 2. The van der Waals surface area contributed by atoms with Crippen molar-refractivity contribution in [3.63, 3.8) is 0 Å². The van der Waals surface area contributed by atoms with E-state index < -0.39 is 11.4 Å². The molecule has 4 nitrogen and oxygen atoms in total. The largest absolute Gasteiger partial charge is 0.481 e. The van der Waals surface area contributed by atoms with Gasteiger partial charge in [-0.3, -0.25) is 9.78 Å². The van der Waals surface area contributed by atoms with Gasteiger partial charge in [0.2, 0.25) is 0 Å². The molecule has 0 radical (unpaired) electrons. The van der Waals surface area contributed by atoms with Crippen LogP contribution in [0.3, 0.4) is 0 Å². The van der Waals surface area contributed by atoms with Crippen LogP contribution in [0, 0.1) is 5.41 Å². The third-order valence-electron chi connectivity index (χ3n) is 3.28. The summed E-state index contributed by atoms with van der Waals surface area (Å²) in [6.45, 7) is 0. The Morgan fingerprint density at radius 3 is 2.83 bits per heavy atom. The van der Waals surface area contributed by atoms with Crippen molar-refractivity contribution in [1.29, 1.82) is 0 Å². The molecule has 2 aromatic heterocycles. The summed E-state index contributed by atoms with van der Waals surface area (Å²) in [5, 5.41) is 12.0. The normalized spacial score (nSPS) is 16.4. The van der Waals surface area contributed by atoms with Gasteiger partial charge in [-0.1, -0.05) is 6.07 Å². The summed E-state index contributed by atoms with van der Waals surface area (Å²) in [5.74, 6) is -0.697. The maximum absolute atomic E-state index is 11.1. The fraction of sp³-hybridized carbons (Fsp3) is 0.308. The van der Waals surface area contributed by atoms with Crippen LogP contribution in [0.2, 0.25) is 0 Å². The summed E-state index contributed by atoms with van der Waals surface area (Å²) in [4.78, 5) is 19.8. The van der Waals surface area contributed by atoms with Crippen LogP contribution in [-0.2, 0) is 11.2 Å². The number of carbonyl (C=O) groups is 1. The van der Waals surface area contributed by atoms with Gasteiger partial charge in [-0.2, -0.15) is 0 Å². The molecule has 0 bridgehead atoms. The zero-order chi connectivity index (χ0) is 12.6. The minimum absolute atomic E-state index is 0.542. The molecular weight excluding hydrogens is 248 g/mol. The Morgan fingerprint density at radius 2 is 2.22 bits per heavy atom. The number of carboxylic acid groups (broad SMARTS) is 1. The first-order valence-corrected chi connectivity index (χ1v) is 6.67. The lowest BCUT2D eigenvalue weighted by molar-refractivity contribution is -0.143. The average molecular weight is 260 g/mol. The Kier molecular flexibility index (Phi) is 2.63. The molecule has 1 fully saturated rings. The molecule has 1 N–H and O–H groups in total. The minimum atomic E-state index is -0.697. The van der Waals surface area contributed by atoms with Gasteiger partial charge in [-0.15, -0.1) is 11.3 Å². The van der Waals surface area contributed by atoms with Gasteiger partial charge >= 0.3 is 5.97 Å². The lowest BCUT2D eigenvalue weighted by atomic mass is 10.0. The second kappa shape index (κ2) is 4.17. The van der Waals surface area contributed by atoms with Gasteiger partial charge in [0, 0.05) is 18.0 Å². The van der Waals surface area contributed by atoms with Crippen LogP contribution in [-0.4, -0.2) is 21.0 Å². The molecule has 0 aliphatic heterocycles. The van der Waals surface area contributed by atoms with Crippen LogP contribution in [0.25, 0.3) is 11.4 Å². The van der Waals surface area contributed by atoms with Gasteiger partial charge in [0.1, 0.15) is 0 Å². The standard InChI is InChI=1S/C13H12N2O2S/c16-12(17)13(4-5-13)7-11-15-10(8-18-11)9-3-1-2-6-14-9/h1-3,6,8H,4-5,7H2,(H,16,17). The minimum Gasteiger partial charge on any atom is -0.481 e. The fourth-order valence-electron chi connectivity index (χ4n) is 1.93. The first-order chi connectivity index (χ1) is 8.70. The van der Waals surface area contributed by atoms with Crippen LogP contribution in [0.5, 0.6) is 0 Å². The monoisotopic (exact) mass is 260 g/mol. The number of thiazole rings is 1. The zero-order valence-electron chi connectivity index (χ0n) is 9.67. The molecule has 0 aromatic carbocycles. The number of carboxylic acids is 1. The highest BCUT2D eigenvalue weighted by atomic mass is 32.1. The molecule has 1 aliphatic carbocycles. The number of hydrogen-bond acceptors (Lipinski definition) is 4. The molecule has 0 saturated heterocycles. The second-order valence-electron chi connectivity index (χ2n) is 4.60. The van der Waals surface area contributed by atoms with E-state index in [1.165, 1.54) is 11.3 Å². The number of rotatable bonds is 4.